The lowest BCUT2D eigenvalue weighted by Gasteiger charge is -2.42. The molecule has 0 aromatic carbocycles. The summed E-state index contributed by atoms with van der Waals surface area (Å²) in [5.74, 6) is -0.372. The first-order chi connectivity index (χ1) is 13.9. The third-order valence-corrected chi connectivity index (χ3v) is 5.46. The van der Waals surface area contributed by atoms with E-state index in [2.05, 4.69) is 15.7 Å². The van der Waals surface area contributed by atoms with Gasteiger partial charge in [-0.25, -0.2) is 14.2 Å². The number of hydrogen-bond acceptors (Lipinski definition) is 6. The zero-order valence-electron chi connectivity index (χ0n) is 16.4. The van der Waals surface area contributed by atoms with Crippen LogP contribution in [0.1, 0.15) is 20.3 Å². The number of amides is 2. The molecule has 0 saturated carbocycles. The van der Waals surface area contributed by atoms with Gasteiger partial charge >= 0.3 is 6.09 Å². The molecule has 2 aliphatic heterocycles. The SMILES string of the molecule is CCNC(=S)NCC1CN(C2=CCC(C)(N3C=NN(C=O)CC3)C(F)=C2)C(=O)O1. The lowest BCUT2D eigenvalue weighted by Crippen LogP contribution is -2.52. The summed E-state index contributed by atoms with van der Waals surface area (Å²) in [5.41, 5.74) is -0.435. The zero-order chi connectivity index (χ0) is 21.0. The van der Waals surface area contributed by atoms with Gasteiger partial charge in [-0.05, 0) is 38.6 Å². The minimum absolute atomic E-state index is 0.312. The standard InChI is InChI=1S/C18H25FN6O3S/c1-3-20-16(29)21-9-14-10-25(17(27)28-14)13-4-5-18(2,15(19)8-13)23-6-7-24(12-26)22-11-23/h4,8,11-12,14H,3,5-7,9-10H2,1-2H3,(H2,20,21,29). The second kappa shape index (κ2) is 8.76. The number of halogens is 1. The lowest BCUT2D eigenvalue weighted by atomic mass is 9.88. The molecule has 2 atom stereocenters. The van der Waals surface area contributed by atoms with Gasteiger partial charge in [0.05, 0.1) is 25.2 Å². The number of cyclic esters (lactones) is 1. The Morgan fingerprint density at radius 2 is 2.28 bits per heavy atom. The van der Waals surface area contributed by atoms with Crippen LogP contribution in [0.3, 0.4) is 0 Å². The summed E-state index contributed by atoms with van der Waals surface area (Å²) in [4.78, 5) is 26.2. The smallest absolute Gasteiger partial charge is 0.414 e. The van der Waals surface area contributed by atoms with Crippen molar-refractivity contribution >= 4 is 36.2 Å². The number of nitrogens with zero attached hydrogens (tertiary/aromatic N) is 4. The Labute approximate surface area is 174 Å². The van der Waals surface area contributed by atoms with E-state index in [0.29, 0.717) is 56.4 Å². The second-order valence-corrected chi connectivity index (χ2v) is 7.56. The van der Waals surface area contributed by atoms with E-state index in [1.54, 1.807) is 11.8 Å². The van der Waals surface area contributed by atoms with Crippen LogP contribution in [0, 0.1) is 0 Å². The molecular weight excluding hydrogens is 399 g/mol. The van der Waals surface area contributed by atoms with Crippen molar-refractivity contribution in [2.45, 2.75) is 31.9 Å². The molecule has 158 valence electrons. The van der Waals surface area contributed by atoms with E-state index in [1.807, 2.05) is 13.0 Å². The average molecular weight is 425 g/mol. The monoisotopic (exact) mass is 424 g/mol. The van der Waals surface area contributed by atoms with Crippen LogP contribution in [0.25, 0.3) is 0 Å². The number of hydrogen-bond donors (Lipinski definition) is 2. The molecule has 2 amide bonds. The van der Waals surface area contributed by atoms with Crippen LogP contribution in [0.5, 0.6) is 0 Å². The van der Waals surface area contributed by atoms with E-state index in [4.69, 9.17) is 17.0 Å². The fraction of sp³-hybridized carbons (Fsp3) is 0.556. The number of ether oxygens (including phenoxy) is 1. The maximum Gasteiger partial charge on any atom is 0.414 e. The second-order valence-electron chi connectivity index (χ2n) is 7.15. The van der Waals surface area contributed by atoms with Crippen molar-refractivity contribution < 1.29 is 18.7 Å². The lowest BCUT2D eigenvalue weighted by molar-refractivity contribution is -0.118. The molecule has 2 heterocycles. The highest BCUT2D eigenvalue weighted by Gasteiger charge is 2.41. The highest BCUT2D eigenvalue weighted by Crippen LogP contribution is 2.36. The molecule has 11 heteroatoms. The summed E-state index contributed by atoms with van der Waals surface area (Å²) in [5, 5.41) is 11.7. The summed E-state index contributed by atoms with van der Waals surface area (Å²) >= 11 is 5.11. The maximum atomic E-state index is 15.1. The minimum Gasteiger partial charge on any atom is -0.442 e. The van der Waals surface area contributed by atoms with E-state index in [-0.39, 0.29) is 11.9 Å². The highest BCUT2D eigenvalue weighted by atomic mass is 32.1. The minimum atomic E-state index is -0.912. The van der Waals surface area contributed by atoms with Crippen molar-refractivity contribution in [3.05, 3.63) is 23.7 Å². The van der Waals surface area contributed by atoms with Crippen LogP contribution < -0.4 is 10.6 Å². The highest BCUT2D eigenvalue weighted by molar-refractivity contribution is 7.80. The van der Waals surface area contributed by atoms with Crippen molar-refractivity contribution in [1.29, 1.82) is 0 Å². The summed E-state index contributed by atoms with van der Waals surface area (Å²) in [6, 6.07) is 0. The van der Waals surface area contributed by atoms with Crippen LogP contribution in [0.2, 0.25) is 0 Å². The van der Waals surface area contributed by atoms with Gasteiger partial charge in [-0.15, -0.1) is 0 Å². The summed E-state index contributed by atoms with van der Waals surface area (Å²) in [6.07, 6.45) is 4.77. The van der Waals surface area contributed by atoms with Crippen LogP contribution in [0.15, 0.2) is 28.8 Å². The number of allylic oxidation sites excluding steroid dienone is 1. The number of rotatable bonds is 6. The largest absolute Gasteiger partial charge is 0.442 e. The number of nitrogens with one attached hydrogen (secondary N) is 2. The molecule has 1 fully saturated rings. The zero-order valence-corrected chi connectivity index (χ0v) is 17.2. The van der Waals surface area contributed by atoms with Crippen molar-refractivity contribution in [3.8, 4) is 0 Å². The van der Waals surface area contributed by atoms with Gasteiger partial charge < -0.3 is 20.3 Å². The van der Waals surface area contributed by atoms with Gasteiger partial charge in [-0.2, -0.15) is 5.10 Å². The van der Waals surface area contributed by atoms with Gasteiger partial charge in [0, 0.05) is 18.8 Å². The summed E-state index contributed by atoms with van der Waals surface area (Å²) < 4.78 is 20.4. The third-order valence-electron chi connectivity index (χ3n) is 5.18. The Morgan fingerprint density at radius 3 is 2.90 bits per heavy atom. The topological polar surface area (TPSA) is 89.5 Å². The van der Waals surface area contributed by atoms with Crippen molar-refractivity contribution in [2.24, 2.45) is 5.10 Å². The predicted molar refractivity (Wildman–Crippen MR) is 110 cm³/mol. The number of thiocarbonyl (C=S) groups is 1. The molecule has 1 aliphatic carbocycles. The maximum absolute atomic E-state index is 15.1. The summed E-state index contributed by atoms with van der Waals surface area (Å²) in [7, 11) is 0. The van der Waals surface area contributed by atoms with Crippen LogP contribution in [-0.2, 0) is 9.53 Å². The van der Waals surface area contributed by atoms with E-state index in [1.165, 1.54) is 22.3 Å². The first kappa shape index (κ1) is 21.0. The molecule has 29 heavy (non-hydrogen) atoms. The van der Waals surface area contributed by atoms with Crippen LogP contribution >= 0.6 is 12.2 Å². The molecule has 0 radical (unpaired) electrons. The molecule has 0 bridgehead atoms. The number of carbonyl (C=O) groups excluding carboxylic acids is 2. The Hall–Kier alpha value is -2.69. The van der Waals surface area contributed by atoms with E-state index in [9.17, 15) is 9.59 Å². The fourth-order valence-electron chi connectivity index (χ4n) is 3.36. The molecular formula is C18H25FN6O3S. The molecule has 1 saturated heterocycles. The van der Waals surface area contributed by atoms with Crippen molar-refractivity contribution in [3.63, 3.8) is 0 Å². The van der Waals surface area contributed by atoms with Crippen molar-refractivity contribution in [1.82, 2.24) is 25.4 Å². The molecule has 9 nitrogen and oxygen atoms in total. The molecule has 3 aliphatic rings. The Bertz CT molecular complexity index is 773. The van der Waals surface area contributed by atoms with E-state index < -0.39 is 11.6 Å². The summed E-state index contributed by atoms with van der Waals surface area (Å²) in [6.45, 7) is 5.95. The number of hydrazone groups is 1. The van der Waals surface area contributed by atoms with Gasteiger partial charge in [0.1, 0.15) is 18.3 Å². The first-order valence-electron chi connectivity index (χ1n) is 9.48. The molecule has 0 aromatic rings. The predicted octanol–water partition coefficient (Wildman–Crippen LogP) is 0.908. The van der Waals surface area contributed by atoms with Crippen molar-refractivity contribution in [2.75, 3.05) is 32.7 Å². The number of carbonyl (C=O) groups is 2. The van der Waals surface area contributed by atoms with E-state index >= 15 is 4.39 Å². The average Bonchev–Trinajstić information content (AvgIpc) is 3.09. The molecule has 2 unspecified atom stereocenters. The van der Waals surface area contributed by atoms with Crippen LogP contribution in [0.4, 0.5) is 9.18 Å². The van der Waals surface area contributed by atoms with Gasteiger partial charge in [0.15, 0.2) is 5.11 Å². The normalized spacial score (nSPS) is 26.7. The molecule has 0 aromatic heterocycles. The first-order valence-corrected chi connectivity index (χ1v) is 9.88. The van der Waals surface area contributed by atoms with Gasteiger partial charge in [-0.1, -0.05) is 6.08 Å². The van der Waals surface area contributed by atoms with Gasteiger partial charge in [-0.3, -0.25) is 9.69 Å². The van der Waals surface area contributed by atoms with Gasteiger partial charge in [0.25, 0.3) is 0 Å². The Balaban J connectivity index is 1.62. The Morgan fingerprint density at radius 1 is 1.48 bits per heavy atom. The van der Waals surface area contributed by atoms with Crippen LogP contribution in [-0.4, -0.2) is 83.1 Å². The Kier molecular flexibility index (Phi) is 6.36. The molecule has 3 rings (SSSR count). The molecule has 2 N–H and O–H groups in total. The van der Waals surface area contributed by atoms with E-state index in [0.717, 1.165) is 0 Å². The molecule has 0 spiro atoms. The third kappa shape index (κ3) is 4.50. The van der Waals surface area contributed by atoms with Gasteiger partial charge in [0.2, 0.25) is 6.41 Å². The fourth-order valence-corrected chi connectivity index (χ4v) is 3.59. The quantitative estimate of drug-likeness (QED) is 0.484.